The van der Waals surface area contributed by atoms with E-state index in [1.807, 2.05) is 0 Å². The van der Waals surface area contributed by atoms with Gasteiger partial charge in [0.1, 0.15) is 5.82 Å². The number of carbonyl (C=O) groups excluding carboxylic acids is 1. The van der Waals surface area contributed by atoms with Crippen molar-refractivity contribution < 1.29 is 9.18 Å². The summed E-state index contributed by atoms with van der Waals surface area (Å²) in [7, 11) is 4.15. The van der Waals surface area contributed by atoms with E-state index in [1.165, 1.54) is 13.0 Å². The molecule has 2 atom stereocenters. The third-order valence-corrected chi connectivity index (χ3v) is 4.23. The van der Waals surface area contributed by atoms with Crippen LogP contribution in [0.25, 0.3) is 0 Å². The Labute approximate surface area is 120 Å². The summed E-state index contributed by atoms with van der Waals surface area (Å²) >= 11 is 0. The molecular formula is C16H23FN2O. The highest BCUT2D eigenvalue weighted by Gasteiger charge is 2.32. The first-order valence-corrected chi connectivity index (χ1v) is 7.03. The summed E-state index contributed by atoms with van der Waals surface area (Å²) in [4.78, 5) is 16.2. The van der Waals surface area contributed by atoms with Crippen molar-refractivity contribution in [3.63, 3.8) is 0 Å². The van der Waals surface area contributed by atoms with Gasteiger partial charge < -0.3 is 9.80 Å². The third kappa shape index (κ3) is 2.70. The molecule has 1 fully saturated rings. The molecule has 1 saturated heterocycles. The second kappa shape index (κ2) is 5.52. The van der Waals surface area contributed by atoms with Gasteiger partial charge in [-0.15, -0.1) is 0 Å². The Hall–Kier alpha value is -1.42. The second-order valence-corrected chi connectivity index (χ2v) is 6.09. The molecule has 0 amide bonds. The summed E-state index contributed by atoms with van der Waals surface area (Å²) in [5.41, 5.74) is 1.94. The molecule has 2 unspecified atom stereocenters. The highest BCUT2D eigenvalue weighted by Crippen LogP contribution is 2.31. The van der Waals surface area contributed by atoms with Gasteiger partial charge in [0, 0.05) is 30.4 Å². The lowest BCUT2D eigenvalue weighted by molar-refractivity contribution is 0.101. The summed E-state index contributed by atoms with van der Waals surface area (Å²) < 4.78 is 13.7. The maximum absolute atomic E-state index is 13.7. The van der Waals surface area contributed by atoms with E-state index in [9.17, 15) is 9.18 Å². The normalized spacial score (nSPS) is 22.6. The maximum atomic E-state index is 13.7. The standard InChI is InChI=1S/C16H23FN2O/c1-10-6-15(13(12(3)20)7-14(10)17)19-8-11(2)16(9-19)18(4)5/h6-7,11,16H,8-9H2,1-5H3. The number of aryl methyl sites for hydroxylation is 1. The van der Waals surface area contributed by atoms with Crippen LogP contribution in [0, 0.1) is 18.7 Å². The lowest BCUT2D eigenvalue weighted by atomic mass is 10.0. The molecule has 1 aromatic rings. The van der Waals surface area contributed by atoms with E-state index >= 15 is 0 Å². The minimum Gasteiger partial charge on any atom is -0.369 e. The van der Waals surface area contributed by atoms with Crippen molar-refractivity contribution in [3.05, 3.63) is 29.1 Å². The first kappa shape index (κ1) is 15.0. The van der Waals surface area contributed by atoms with Gasteiger partial charge in [-0.05, 0) is 51.6 Å². The van der Waals surface area contributed by atoms with E-state index in [-0.39, 0.29) is 11.6 Å². The zero-order chi connectivity index (χ0) is 15.0. The Balaban J connectivity index is 2.38. The summed E-state index contributed by atoms with van der Waals surface area (Å²) in [6, 6.07) is 3.64. The molecule has 20 heavy (non-hydrogen) atoms. The Bertz CT molecular complexity index is 527. The monoisotopic (exact) mass is 278 g/mol. The zero-order valence-electron chi connectivity index (χ0n) is 12.9. The Morgan fingerprint density at radius 2 is 2.00 bits per heavy atom. The number of hydrogen-bond acceptors (Lipinski definition) is 3. The third-order valence-electron chi connectivity index (χ3n) is 4.23. The Kier molecular flexibility index (Phi) is 4.14. The molecule has 0 N–H and O–H groups in total. The van der Waals surface area contributed by atoms with E-state index in [0.717, 1.165) is 18.8 Å². The summed E-state index contributed by atoms with van der Waals surface area (Å²) in [6.07, 6.45) is 0. The number of likely N-dealkylation sites (N-methyl/N-ethyl adjacent to an activating group) is 1. The molecule has 4 heteroatoms. The predicted molar refractivity (Wildman–Crippen MR) is 80.0 cm³/mol. The SMILES string of the molecule is CC(=O)c1cc(F)c(C)cc1N1CC(C)C(N(C)C)C1. The molecule has 3 nitrogen and oxygen atoms in total. The number of carbonyl (C=O) groups is 1. The largest absolute Gasteiger partial charge is 0.369 e. The fourth-order valence-corrected chi connectivity index (χ4v) is 3.03. The van der Waals surface area contributed by atoms with Crippen molar-refractivity contribution in [1.29, 1.82) is 0 Å². The minimum absolute atomic E-state index is 0.0835. The number of nitrogens with zero attached hydrogens (tertiary/aromatic N) is 2. The molecular weight excluding hydrogens is 255 g/mol. The fourth-order valence-electron chi connectivity index (χ4n) is 3.03. The number of benzene rings is 1. The molecule has 0 spiro atoms. The van der Waals surface area contributed by atoms with Crippen LogP contribution in [0.2, 0.25) is 0 Å². The van der Waals surface area contributed by atoms with Gasteiger partial charge in [-0.1, -0.05) is 6.92 Å². The number of halogens is 1. The number of hydrogen-bond donors (Lipinski definition) is 0. The molecule has 0 aromatic heterocycles. The lowest BCUT2D eigenvalue weighted by Crippen LogP contribution is -2.34. The van der Waals surface area contributed by atoms with Gasteiger partial charge >= 0.3 is 0 Å². The smallest absolute Gasteiger partial charge is 0.161 e. The fraction of sp³-hybridized carbons (Fsp3) is 0.562. The van der Waals surface area contributed by atoms with Crippen molar-refractivity contribution in [2.24, 2.45) is 5.92 Å². The van der Waals surface area contributed by atoms with Gasteiger partial charge in [-0.2, -0.15) is 0 Å². The van der Waals surface area contributed by atoms with Crippen LogP contribution < -0.4 is 4.90 Å². The van der Waals surface area contributed by atoms with Crippen LogP contribution in [-0.2, 0) is 0 Å². The molecule has 2 rings (SSSR count). The molecule has 0 bridgehead atoms. The van der Waals surface area contributed by atoms with Crippen molar-refractivity contribution in [3.8, 4) is 0 Å². The molecule has 1 aliphatic rings. The highest BCUT2D eigenvalue weighted by atomic mass is 19.1. The van der Waals surface area contributed by atoms with Crippen LogP contribution in [-0.4, -0.2) is 43.9 Å². The highest BCUT2D eigenvalue weighted by molar-refractivity contribution is 6.00. The number of Topliss-reactive ketones (excluding diaryl/α,β-unsaturated/α-hetero) is 1. The molecule has 0 aliphatic carbocycles. The van der Waals surface area contributed by atoms with Crippen LogP contribution in [0.1, 0.15) is 29.8 Å². The van der Waals surface area contributed by atoms with E-state index < -0.39 is 0 Å². The average Bonchev–Trinajstić information content (AvgIpc) is 2.74. The first-order valence-electron chi connectivity index (χ1n) is 7.03. The van der Waals surface area contributed by atoms with E-state index in [0.29, 0.717) is 23.1 Å². The average molecular weight is 278 g/mol. The van der Waals surface area contributed by atoms with Crippen LogP contribution in [0.4, 0.5) is 10.1 Å². The lowest BCUT2D eigenvalue weighted by Gasteiger charge is -2.24. The van der Waals surface area contributed by atoms with Crippen molar-refractivity contribution in [2.75, 3.05) is 32.1 Å². The van der Waals surface area contributed by atoms with Gasteiger partial charge in [-0.25, -0.2) is 4.39 Å². The van der Waals surface area contributed by atoms with Crippen LogP contribution in [0.5, 0.6) is 0 Å². The summed E-state index contributed by atoms with van der Waals surface area (Å²) in [5, 5.41) is 0. The molecule has 1 heterocycles. The van der Waals surface area contributed by atoms with Gasteiger partial charge in [0.15, 0.2) is 5.78 Å². The van der Waals surface area contributed by atoms with Gasteiger partial charge in [-0.3, -0.25) is 4.79 Å². The van der Waals surface area contributed by atoms with Gasteiger partial charge in [0.2, 0.25) is 0 Å². The first-order chi connectivity index (χ1) is 9.31. The predicted octanol–water partition coefficient (Wildman–Crippen LogP) is 2.72. The Morgan fingerprint density at radius 3 is 2.50 bits per heavy atom. The van der Waals surface area contributed by atoms with Crippen molar-refractivity contribution in [2.45, 2.75) is 26.8 Å². The van der Waals surface area contributed by atoms with Crippen LogP contribution >= 0.6 is 0 Å². The maximum Gasteiger partial charge on any atom is 0.161 e. The molecule has 0 saturated carbocycles. The number of anilines is 1. The quantitative estimate of drug-likeness (QED) is 0.794. The molecule has 0 radical (unpaired) electrons. The minimum atomic E-state index is -0.310. The summed E-state index contributed by atoms with van der Waals surface area (Å²) in [6.45, 7) is 7.23. The molecule has 110 valence electrons. The van der Waals surface area contributed by atoms with E-state index in [4.69, 9.17) is 0 Å². The van der Waals surface area contributed by atoms with Crippen molar-refractivity contribution in [1.82, 2.24) is 4.90 Å². The Morgan fingerprint density at radius 1 is 1.35 bits per heavy atom. The zero-order valence-corrected chi connectivity index (χ0v) is 12.9. The van der Waals surface area contributed by atoms with Crippen LogP contribution in [0.15, 0.2) is 12.1 Å². The van der Waals surface area contributed by atoms with Gasteiger partial charge in [0.05, 0.1) is 0 Å². The van der Waals surface area contributed by atoms with E-state index in [1.54, 1.807) is 13.0 Å². The second-order valence-electron chi connectivity index (χ2n) is 6.09. The van der Waals surface area contributed by atoms with Crippen molar-refractivity contribution >= 4 is 11.5 Å². The van der Waals surface area contributed by atoms with Crippen LogP contribution in [0.3, 0.4) is 0 Å². The topological polar surface area (TPSA) is 23.6 Å². The molecule has 1 aromatic carbocycles. The number of rotatable bonds is 3. The van der Waals surface area contributed by atoms with E-state index in [2.05, 4.69) is 30.8 Å². The number of ketones is 1. The summed E-state index contributed by atoms with van der Waals surface area (Å²) in [5.74, 6) is 0.130. The molecule has 1 aliphatic heterocycles. The van der Waals surface area contributed by atoms with Gasteiger partial charge in [0.25, 0.3) is 0 Å².